The van der Waals surface area contributed by atoms with Gasteiger partial charge in [0.2, 0.25) is 0 Å². The average molecular weight is 264 g/mol. The van der Waals surface area contributed by atoms with Gasteiger partial charge in [-0.2, -0.15) is 0 Å². The highest BCUT2D eigenvalue weighted by Crippen LogP contribution is 2.50. The largest absolute Gasteiger partial charge is 0.373 e. The Morgan fingerprint density at radius 1 is 1.00 bits per heavy atom. The Morgan fingerprint density at radius 2 is 1.80 bits per heavy atom. The molecule has 20 heavy (non-hydrogen) atoms. The molecule has 2 aromatic rings. The van der Waals surface area contributed by atoms with Gasteiger partial charge in [0.15, 0.2) is 0 Å². The molecule has 0 unspecified atom stereocenters. The fourth-order valence-electron chi connectivity index (χ4n) is 3.05. The van der Waals surface area contributed by atoms with Crippen LogP contribution in [0.15, 0.2) is 66.7 Å². The van der Waals surface area contributed by atoms with Gasteiger partial charge in [0.25, 0.3) is 0 Å². The van der Waals surface area contributed by atoms with Gasteiger partial charge in [-0.05, 0) is 22.8 Å². The molecule has 2 atom stereocenters. The normalized spacial score (nSPS) is 25.9. The maximum absolute atomic E-state index is 6.13. The van der Waals surface area contributed by atoms with Gasteiger partial charge in [-0.3, -0.25) is 0 Å². The first-order valence-electron chi connectivity index (χ1n) is 6.96. The minimum absolute atomic E-state index is 0.103. The standard InChI is InChI=1S/C18H16O2/c1-2-6-14(7-3-1)12-19-13-18-11-10-17(20-18)15-8-4-5-9-16(15)18/h1-11,17H,12-13H2/t17-,18-/m1/s1. The van der Waals surface area contributed by atoms with E-state index >= 15 is 0 Å². The van der Waals surface area contributed by atoms with Crippen LogP contribution in [0.3, 0.4) is 0 Å². The summed E-state index contributed by atoms with van der Waals surface area (Å²) in [5, 5.41) is 0. The number of hydrogen-bond acceptors (Lipinski definition) is 2. The van der Waals surface area contributed by atoms with E-state index in [2.05, 4.69) is 48.6 Å². The Labute approximate surface area is 118 Å². The monoisotopic (exact) mass is 264 g/mol. The molecule has 0 amide bonds. The molecule has 0 saturated carbocycles. The molecule has 0 radical (unpaired) electrons. The highest BCUT2D eigenvalue weighted by molar-refractivity contribution is 5.47. The van der Waals surface area contributed by atoms with Crippen molar-refractivity contribution in [2.75, 3.05) is 6.61 Å². The lowest BCUT2D eigenvalue weighted by Gasteiger charge is -2.24. The Bertz CT molecular complexity index is 647. The van der Waals surface area contributed by atoms with Crippen LogP contribution < -0.4 is 0 Å². The molecule has 2 aromatic carbocycles. The second kappa shape index (κ2) is 4.58. The van der Waals surface area contributed by atoms with E-state index in [0.29, 0.717) is 13.2 Å². The molecule has 0 saturated heterocycles. The maximum atomic E-state index is 6.13. The minimum Gasteiger partial charge on any atom is -0.373 e. The van der Waals surface area contributed by atoms with Crippen molar-refractivity contribution in [3.8, 4) is 0 Å². The van der Waals surface area contributed by atoms with Gasteiger partial charge in [-0.15, -0.1) is 0 Å². The van der Waals surface area contributed by atoms with Crippen molar-refractivity contribution >= 4 is 0 Å². The molecule has 100 valence electrons. The van der Waals surface area contributed by atoms with Crippen molar-refractivity contribution in [2.24, 2.45) is 0 Å². The lowest BCUT2D eigenvalue weighted by molar-refractivity contribution is -0.0667. The molecular weight excluding hydrogens is 248 g/mol. The molecule has 2 heterocycles. The molecule has 0 fully saturated rings. The van der Waals surface area contributed by atoms with Gasteiger partial charge < -0.3 is 9.47 Å². The summed E-state index contributed by atoms with van der Waals surface area (Å²) in [6.07, 6.45) is 4.38. The summed E-state index contributed by atoms with van der Waals surface area (Å²) in [6.45, 7) is 1.18. The quantitative estimate of drug-likeness (QED) is 0.783. The van der Waals surface area contributed by atoms with E-state index in [4.69, 9.17) is 9.47 Å². The summed E-state index contributed by atoms with van der Waals surface area (Å²) in [6, 6.07) is 18.7. The number of fused-ring (bicyclic) bond motifs is 5. The van der Waals surface area contributed by atoms with Crippen molar-refractivity contribution in [1.82, 2.24) is 0 Å². The summed E-state index contributed by atoms with van der Waals surface area (Å²) >= 11 is 0. The molecular formula is C18H16O2. The van der Waals surface area contributed by atoms with Gasteiger partial charge in [0.1, 0.15) is 11.7 Å². The van der Waals surface area contributed by atoms with E-state index < -0.39 is 0 Å². The zero-order valence-corrected chi connectivity index (χ0v) is 11.2. The number of ether oxygens (including phenoxy) is 2. The van der Waals surface area contributed by atoms with Crippen LogP contribution in [0.1, 0.15) is 22.8 Å². The number of benzene rings is 2. The molecule has 2 aliphatic heterocycles. The van der Waals surface area contributed by atoms with Crippen molar-refractivity contribution < 1.29 is 9.47 Å². The second-order valence-corrected chi connectivity index (χ2v) is 5.35. The zero-order chi connectivity index (χ0) is 13.4. The molecule has 0 aliphatic carbocycles. The van der Waals surface area contributed by atoms with Crippen molar-refractivity contribution in [2.45, 2.75) is 18.3 Å². The zero-order valence-electron chi connectivity index (χ0n) is 11.2. The van der Waals surface area contributed by atoms with Crippen LogP contribution in [0.2, 0.25) is 0 Å². The summed E-state index contributed by atoms with van der Waals surface area (Å²) in [5.41, 5.74) is 3.34. The van der Waals surface area contributed by atoms with Crippen LogP contribution in [0.25, 0.3) is 0 Å². The highest BCUT2D eigenvalue weighted by Gasteiger charge is 2.46. The van der Waals surface area contributed by atoms with Gasteiger partial charge in [-0.25, -0.2) is 0 Å². The Kier molecular flexibility index (Phi) is 2.72. The highest BCUT2D eigenvalue weighted by atomic mass is 16.6. The van der Waals surface area contributed by atoms with Crippen LogP contribution in [-0.4, -0.2) is 6.61 Å². The SMILES string of the molecule is C1=C[C@]2(COCc3ccccc3)O[C@H]1c1ccccc12. The molecule has 0 aromatic heterocycles. The van der Waals surface area contributed by atoms with Gasteiger partial charge in [0.05, 0.1) is 13.2 Å². The fourth-order valence-corrected chi connectivity index (χ4v) is 3.05. The van der Waals surface area contributed by atoms with Gasteiger partial charge in [0, 0.05) is 0 Å². The van der Waals surface area contributed by atoms with Crippen molar-refractivity contribution in [1.29, 1.82) is 0 Å². The van der Waals surface area contributed by atoms with Crippen molar-refractivity contribution in [3.63, 3.8) is 0 Å². The van der Waals surface area contributed by atoms with Crippen LogP contribution in [0, 0.1) is 0 Å². The minimum atomic E-state index is -0.379. The lowest BCUT2D eigenvalue weighted by atomic mass is 9.88. The van der Waals surface area contributed by atoms with E-state index in [-0.39, 0.29) is 11.7 Å². The fraction of sp³-hybridized carbons (Fsp3) is 0.222. The average Bonchev–Trinajstić information content (AvgIpc) is 3.06. The third-order valence-electron chi connectivity index (χ3n) is 4.03. The first-order valence-corrected chi connectivity index (χ1v) is 6.96. The number of rotatable bonds is 4. The summed E-state index contributed by atoms with van der Waals surface area (Å²) in [5.74, 6) is 0. The molecule has 2 bridgehead atoms. The predicted molar refractivity (Wildman–Crippen MR) is 77.2 cm³/mol. The molecule has 2 heteroatoms. The van der Waals surface area contributed by atoms with E-state index in [1.807, 2.05) is 18.2 Å². The molecule has 0 N–H and O–H groups in total. The van der Waals surface area contributed by atoms with Crippen LogP contribution in [0.5, 0.6) is 0 Å². The molecule has 2 aliphatic rings. The third kappa shape index (κ3) is 1.80. The topological polar surface area (TPSA) is 18.5 Å². The first kappa shape index (κ1) is 11.9. The first-order chi connectivity index (χ1) is 9.87. The van der Waals surface area contributed by atoms with Crippen LogP contribution in [0.4, 0.5) is 0 Å². The Hall–Kier alpha value is -1.90. The predicted octanol–water partition coefficient (Wildman–Crippen LogP) is 3.74. The Morgan fingerprint density at radius 3 is 2.70 bits per heavy atom. The Balaban J connectivity index is 1.51. The van der Waals surface area contributed by atoms with Gasteiger partial charge >= 0.3 is 0 Å². The van der Waals surface area contributed by atoms with Crippen molar-refractivity contribution in [3.05, 3.63) is 83.4 Å². The van der Waals surface area contributed by atoms with E-state index in [1.54, 1.807) is 0 Å². The van der Waals surface area contributed by atoms with Crippen LogP contribution in [-0.2, 0) is 21.7 Å². The molecule has 2 nitrogen and oxygen atoms in total. The van der Waals surface area contributed by atoms with Gasteiger partial charge in [-0.1, -0.05) is 60.7 Å². The summed E-state index contributed by atoms with van der Waals surface area (Å²) in [7, 11) is 0. The third-order valence-corrected chi connectivity index (χ3v) is 4.03. The van der Waals surface area contributed by atoms with E-state index in [9.17, 15) is 0 Å². The van der Waals surface area contributed by atoms with E-state index in [0.717, 1.165) is 0 Å². The van der Waals surface area contributed by atoms with E-state index in [1.165, 1.54) is 16.7 Å². The molecule has 4 rings (SSSR count). The lowest BCUT2D eigenvalue weighted by Crippen LogP contribution is -2.27. The smallest absolute Gasteiger partial charge is 0.136 e. The summed E-state index contributed by atoms with van der Waals surface area (Å²) < 4.78 is 12.0. The van der Waals surface area contributed by atoms with Crippen LogP contribution >= 0.6 is 0 Å². The number of hydrogen-bond donors (Lipinski definition) is 0. The molecule has 0 spiro atoms. The maximum Gasteiger partial charge on any atom is 0.136 e. The second-order valence-electron chi connectivity index (χ2n) is 5.35. The summed E-state index contributed by atoms with van der Waals surface area (Å²) in [4.78, 5) is 0.